The minimum Gasteiger partial charge on any atom is -0.342 e. The van der Waals surface area contributed by atoms with Crippen molar-refractivity contribution < 1.29 is 4.79 Å². The van der Waals surface area contributed by atoms with Crippen molar-refractivity contribution in [1.29, 1.82) is 0 Å². The Morgan fingerprint density at radius 3 is 2.23 bits per heavy atom. The highest BCUT2D eigenvalue weighted by molar-refractivity contribution is 6.30. The summed E-state index contributed by atoms with van der Waals surface area (Å²) in [5.41, 5.74) is 6.76. The largest absolute Gasteiger partial charge is 0.342 e. The zero-order valence-electron chi connectivity index (χ0n) is 12.8. The molecule has 0 spiro atoms. The second-order valence-electron chi connectivity index (χ2n) is 6.43. The maximum absolute atomic E-state index is 13.2. The van der Waals surface area contributed by atoms with Crippen molar-refractivity contribution >= 4 is 29.9 Å². The van der Waals surface area contributed by atoms with Gasteiger partial charge in [0.2, 0.25) is 5.91 Å². The molecule has 0 aromatic heterocycles. The molecular formula is C17H24Cl2N2O. The van der Waals surface area contributed by atoms with E-state index in [1.165, 1.54) is 0 Å². The molecule has 2 aliphatic rings. The van der Waals surface area contributed by atoms with Gasteiger partial charge in [0.1, 0.15) is 0 Å². The van der Waals surface area contributed by atoms with E-state index in [0.717, 1.165) is 62.2 Å². The summed E-state index contributed by atoms with van der Waals surface area (Å²) < 4.78 is 0. The predicted molar refractivity (Wildman–Crippen MR) is 92.6 cm³/mol. The lowest BCUT2D eigenvalue weighted by Crippen LogP contribution is -2.50. The quantitative estimate of drug-likeness (QED) is 0.893. The van der Waals surface area contributed by atoms with Gasteiger partial charge in [-0.25, -0.2) is 0 Å². The third kappa shape index (κ3) is 3.27. The standard InChI is InChI=1S/C17H23ClN2O.ClH/c18-14-5-3-13(4-6-14)17(9-1-2-10-17)16(21)20-11-7-15(19)8-12-20;/h3-6,15H,1-2,7-12,19H2;1H. The fourth-order valence-electron chi connectivity index (χ4n) is 3.78. The molecule has 2 N–H and O–H groups in total. The highest BCUT2D eigenvalue weighted by atomic mass is 35.5. The summed E-state index contributed by atoms with van der Waals surface area (Å²) in [4.78, 5) is 15.2. The van der Waals surface area contributed by atoms with Crippen molar-refractivity contribution in [2.75, 3.05) is 13.1 Å². The molecule has 0 unspecified atom stereocenters. The Labute approximate surface area is 143 Å². The Hall–Kier alpha value is -0.770. The Bertz CT molecular complexity index is 504. The molecule has 22 heavy (non-hydrogen) atoms. The predicted octanol–water partition coefficient (Wildman–Crippen LogP) is 3.52. The summed E-state index contributed by atoms with van der Waals surface area (Å²) in [6, 6.07) is 8.11. The Kier molecular flexibility index (Phi) is 5.76. The summed E-state index contributed by atoms with van der Waals surface area (Å²) in [5.74, 6) is 0.300. The van der Waals surface area contributed by atoms with E-state index < -0.39 is 0 Å². The molecule has 1 saturated carbocycles. The fraction of sp³-hybridized carbons (Fsp3) is 0.588. The summed E-state index contributed by atoms with van der Waals surface area (Å²) in [6.45, 7) is 1.60. The van der Waals surface area contributed by atoms with E-state index in [-0.39, 0.29) is 23.9 Å². The van der Waals surface area contributed by atoms with E-state index in [4.69, 9.17) is 17.3 Å². The molecular weight excluding hydrogens is 319 g/mol. The maximum Gasteiger partial charge on any atom is 0.233 e. The molecule has 3 rings (SSSR count). The van der Waals surface area contributed by atoms with Gasteiger partial charge in [-0.1, -0.05) is 36.6 Å². The molecule has 2 fully saturated rings. The molecule has 1 heterocycles. The molecule has 0 bridgehead atoms. The first-order chi connectivity index (χ1) is 10.1. The number of benzene rings is 1. The van der Waals surface area contributed by atoms with E-state index in [1.54, 1.807) is 0 Å². The van der Waals surface area contributed by atoms with Crippen LogP contribution in [0.1, 0.15) is 44.1 Å². The maximum atomic E-state index is 13.2. The Morgan fingerprint density at radius 1 is 1.14 bits per heavy atom. The highest BCUT2D eigenvalue weighted by Crippen LogP contribution is 2.43. The third-order valence-corrected chi connectivity index (χ3v) is 5.34. The molecule has 122 valence electrons. The molecule has 0 atom stereocenters. The molecule has 1 amide bonds. The van der Waals surface area contributed by atoms with Gasteiger partial charge >= 0.3 is 0 Å². The average Bonchev–Trinajstić information content (AvgIpc) is 2.99. The smallest absolute Gasteiger partial charge is 0.233 e. The van der Waals surface area contributed by atoms with Gasteiger partial charge < -0.3 is 10.6 Å². The van der Waals surface area contributed by atoms with Gasteiger partial charge in [-0.2, -0.15) is 0 Å². The number of likely N-dealkylation sites (tertiary alicyclic amines) is 1. The molecule has 3 nitrogen and oxygen atoms in total. The minimum absolute atomic E-state index is 0. The van der Waals surface area contributed by atoms with Gasteiger partial charge in [-0.15, -0.1) is 12.4 Å². The van der Waals surface area contributed by atoms with Crippen LogP contribution in [-0.4, -0.2) is 29.9 Å². The highest BCUT2D eigenvalue weighted by Gasteiger charge is 2.45. The van der Waals surface area contributed by atoms with Gasteiger partial charge in [-0.05, 0) is 43.4 Å². The molecule has 1 saturated heterocycles. The van der Waals surface area contributed by atoms with Crippen molar-refractivity contribution in [1.82, 2.24) is 4.90 Å². The number of halogens is 2. The van der Waals surface area contributed by atoms with Crippen LogP contribution in [-0.2, 0) is 10.2 Å². The molecule has 0 radical (unpaired) electrons. The van der Waals surface area contributed by atoms with Gasteiger partial charge in [0.15, 0.2) is 0 Å². The SMILES string of the molecule is Cl.NC1CCN(C(=O)C2(c3ccc(Cl)cc3)CCCC2)CC1. The van der Waals surface area contributed by atoms with Gasteiger partial charge in [0.05, 0.1) is 5.41 Å². The Balaban J connectivity index is 0.00000176. The second-order valence-corrected chi connectivity index (χ2v) is 6.86. The van der Waals surface area contributed by atoms with Crippen LogP contribution in [0.4, 0.5) is 0 Å². The number of carbonyl (C=O) groups is 1. The number of nitrogens with zero attached hydrogens (tertiary/aromatic N) is 1. The molecule has 1 aromatic carbocycles. The van der Waals surface area contributed by atoms with E-state index >= 15 is 0 Å². The number of amides is 1. The molecule has 1 aliphatic heterocycles. The van der Waals surface area contributed by atoms with Gasteiger partial charge in [-0.3, -0.25) is 4.79 Å². The average molecular weight is 343 g/mol. The van der Waals surface area contributed by atoms with E-state index in [0.29, 0.717) is 5.91 Å². The van der Waals surface area contributed by atoms with Crippen molar-refractivity contribution in [2.45, 2.75) is 50.0 Å². The number of rotatable bonds is 2. The summed E-state index contributed by atoms with van der Waals surface area (Å²) >= 11 is 6.00. The van der Waals surface area contributed by atoms with Crippen LogP contribution in [0.2, 0.25) is 5.02 Å². The normalized spacial score (nSPS) is 21.5. The van der Waals surface area contributed by atoms with Crippen LogP contribution in [0.3, 0.4) is 0 Å². The van der Waals surface area contributed by atoms with Gasteiger partial charge in [0.25, 0.3) is 0 Å². The number of hydrogen-bond donors (Lipinski definition) is 1. The first-order valence-electron chi connectivity index (χ1n) is 7.93. The minimum atomic E-state index is -0.327. The third-order valence-electron chi connectivity index (χ3n) is 5.09. The van der Waals surface area contributed by atoms with Crippen molar-refractivity contribution in [3.8, 4) is 0 Å². The fourth-order valence-corrected chi connectivity index (χ4v) is 3.90. The zero-order chi connectivity index (χ0) is 14.9. The first kappa shape index (κ1) is 17.6. The summed E-state index contributed by atoms with van der Waals surface area (Å²) in [7, 11) is 0. The topological polar surface area (TPSA) is 46.3 Å². The van der Waals surface area contributed by atoms with E-state index in [1.807, 2.05) is 29.2 Å². The van der Waals surface area contributed by atoms with Crippen LogP contribution in [0.25, 0.3) is 0 Å². The van der Waals surface area contributed by atoms with Crippen LogP contribution in [0.15, 0.2) is 24.3 Å². The van der Waals surface area contributed by atoms with Crippen LogP contribution in [0.5, 0.6) is 0 Å². The Morgan fingerprint density at radius 2 is 1.68 bits per heavy atom. The van der Waals surface area contributed by atoms with Crippen molar-refractivity contribution in [3.05, 3.63) is 34.9 Å². The molecule has 5 heteroatoms. The number of piperidine rings is 1. The first-order valence-corrected chi connectivity index (χ1v) is 8.31. The number of carbonyl (C=O) groups excluding carboxylic acids is 1. The molecule has 1 aliphatic carbocycles. The summed E-state index contributed by atoms with van der Waals surface area (Å²) in [5, 5.41) is 0.725. The van der Waals surface area contributed by atoms with Crippen molar-refractivity contribution in [2.24, 2.45) is 5.73 Å². The number of hydrogen-bond acceptors (Lipinski definition) is 2. The monoisotopic (exact) mass is 342 g/mol. The lowest BCUT2D eigenvalue weighted by Gasteiger charge is -2.38. The zero-order valence-corrected chi connectivity index (χ0v) is 14.3. The molecule has 1 aromatic rings. The van der Waals surface area contributed by atoms with E-state index in [2.05, 4.69) is 0 Å². The van der Waals surface area contributed by atoms with Crippen LogP contribution < -0.4 is 5.73 Å². The van der Waals surface area contributed by atoms with Crippen LogP contribution in [0, 0.1) is 0 Å². The van der Waals surface area contributed by atoms with Crippen LogP contribution >= 0.6 is 24.0 Å². The lowest BCUT2D eigenvalue weighted by molar-refractivity contribution is -0.138. The lowest BCUT2D eigenvalue weighted by atomic mass is 9.77. The number of nitrogens with two attached hydrogens (primary N) is 1. The van der Waals surface area contributed by atoms with E-state index in [9.17, 15) is 4.79 Å². The van der Waals surface area contributed by atoms with Crippen molar-refractivity contribution in [3.63, 3.8) is 0 Å². The summed E-state index contributed by atoms with van der Waals surface area (Å²) in [6.07, 6.45) is 6.00. The van der Waals surface area contributed by atoms with Gasteiger partial charge in [0, 0.05) is 24.2 Å². The second kappa shape index (κ2) is 7.20.